The van der Waals surface area contributed by atoms with E-state index in [0.29, 0.717) is 37.8 Å². The molecule has 0 saturated carbocycles. The maximum Gasteiger partial charge on any atom is 0.255 e. The number of likely N-dealkylation sites (tertiary alicyclic amines) is 1. The molecule has 6 heteroatoms. The molecule has 2 amide bonds. The van der Waals surface area contributed by atoms with Crippen LogP contribution in [0.1, 0.15) is 44.8 Å². The fraction of sp³-hybridized carbons (Fsp3) is 0.458. The number of carbonyl (C=O) groups is 2. The zero-order valence-corrected chi connectivity index (χ0v) is 17.5. The molecule has 0 unspecified atom stereocenters. The van der Waals surface area contributed by atoms with Gasteiger partial charge in [-0.25, -0.2) is 0 Å². The summed E-state index contributed by atoms with van der Waals surface area (Å²) >= 11 is 0. The standard InChI is InChI=1S/C24H29N3O3/c1-18-22(3-2-10-25-18)24(29)26-11-8-20(9-12-26)17-19-4-6-21(7-5-19)23(28)27-13-15-30-16-14-27/h2-7,10,20H,8-9,11-17H2,1H3. The van der Waals surface area contributed by atoms with Crippen molar-refractivity contribution in [1.29, 1.82) is 0 Å². The number of aromatic nitrogens is 1. The van der Waals surface area contributed by atoms with Gasteiger partial charge in [0.1, 0.15) is 0 Å². The van der Waals surface area contributed by atoms with Crippen LogP contribution in [0.5, 0.6) is 0 Å². The normalized spacial score (nSPS) is 17.8. The average Bonchev–Trinajstić information content (AvgIpc) is 2.80. The predicted octanol–water partition coefficient (Wildman–Crippen LogP) is 2.96. The van der Waals surface area contributed by atoms with E-state index in [1.165, 1.54) is 5.56 Å². The number of piperidine rings is 1. The van der Waals surface area contributed by atoms with Crippen molar-refractivity contribution in [1.82, 2.24) is 14.8 Å². The Morgan fingerprint density at radius 1 is 0.967 bits per heavy atom. The minimum Gasteiger partial charge on any atom is -0.378 e. The van der Waals surface area contributed by atoms with Crippen LogP contribution in [0.4, 0.5) is 0 Å². The van der Waals surface area contributed by atoms with Crippen molar-refractivity contribution >= 4 is 11.8 Å². The Labute approximate surface area is 177 Å². The smallest absolute Gasteiger partial charge is 0.255 e. The number of amides is 2. The second-order valence-electron chi connectivity index (χ2n) is 8.18. The molecular formula is C24H29N3O3. The second kappa shape index (κ2) is 9.39. The highest BCUT2D eigenvalue weighted by molar-refractivity contribution is 5.95. The molecule has 2 aromatic rings. The highest BCUT2D eigenvalue weighted by Crippen LogP contribution is 2.24. The molecule has 0 bridgehead atoms. The lowest BCUT2D eigenvalue weighted by Gasteiger charge is -2.32. The first-order valence-electron chi connectivity index (χ1n) is 10.8. The number of ether oxygens (including phenoxy) is 1. The van der Waals surface area contributed by atoms with E-state index in [2.05, 4.69) is 17.1 Å². The van der Waals surface area contributed by atoms with Crippen molar-refractivity contribution in [3.05, 3.63) is 65.0 Å². The van der Waals surface area contributed by atoms with Gasteiger partial charge in [0, 0.05) is 43.6 Å². The molecule has 4 rings (SSSR count). The van der Waals surface area contributed by atoms with Crippen molar-refractivity contribution in [2.24, 2.45) is 5.92 Å². The van der Waals surface area contributed by atoms with E-state index in [-0.39, 0.29) is 11.8 Å². The van der Waals surface area contributed by atoms with Gasteiger partial charge in [0.25, 0.3) is 11.8 Å². The quantitative estimate of drug-likeness (QED) is 0.782. The van der Waals surface area contributed by atoms with E-state index in [1.807, 2.05) is 41.0 Å². The number of morpholine rings is 1. The molecule has 6 nitrogen and oxygen atoms in total. The van der Waals surface area contributed by atoms with Gasteiger partial charge in [0.15, 0.2) is 0 Å². The van der Waals surface area contributed by atoms with Crippen LogP contribution in [-0.4, -0.2) is 66.0 Å². The number of pyridine rings is 1. The Morgan fingerprint density at radius 3 is 2.30 bits per heavy atom. The number of hydrogen-bond donors (Lipinski definition) is 0. The number of carbonyl (C=O) groups excluding carboxylic acids is 2. The lowest BCUT2D eigenvalue weighted by molar-refractivity contribution is 0.0303. The summed E-state index contributed by atoms with van der Waals surface area (Å²) in [6.07, 6.45) is 4.71. The number of benzene rings is 1. The zero-order valence-electron chi connectivity index (χ0n) is 17.5. The van der Waals surface area contributed by atoms with Crippen LogP contribution in [-0.2, 0) is 11.2 Å². The average molecular weight is 408 g/mol. The monoisotopic (exact) mass is 407 g/mol. The third-order valence-electron chi connectivity index (χ3n) is 6.16. The summed E-state index contributed by atoms with van der Waals surface area (Å²) < 4.78 is 5.32. The fourth-order valence-corrected chi connectivity index (χ4v) is 4.29. The first-order valence-corrected chi connectivity index (χ1v) is 10.8. The minimum absolute atomic E-state index is 0.0855. The van der Waals surface area contributed by atoms with Crippen LogP contribution in [0.2, 0.25) is 0 Å². The van der Waals surface area contributed by atoms with Crippen LogP contribution in [0.15, 0.2) is 42.6 Å². The van der Waals surface area contributed by atoms with Crippen molar-refractivity contribution in [3.63, 3.8) is 0 Å². The molecule has 2 fully saturated rings. The third-order valence-corrected chi connectivity index (χ3v) is 6.16. The molecule has 1 aromatic heterocycles. The van der Waals surface area contributed by atoms with Crippen molar-refractivity contribution in [2.45, 2.75) is 26.2 Å². The summed E-state index contributed by atoms with van der Waals surface area (Å²) in [5.74, 6) is 0.734. The first kappa shape index (κ1) is 20.5. The summed E-state index contributed by atoms with van der Waals surface area (Å²) in [6, 6.07) is 11.7. The molecule has 0 aliphatic carbocycles. The molecule has 2 saturated heterocycles. The van der Waals surface area contributed by atoms with Crippen molar-refractivity contribution in [2.75, 3.05) is 39.4 Å². The van der Waals surface area contributed by atoms with Crippen LogP contribution < -0.4 is 0 Å². The van der Waals surface area contributed by atoms with Crippen molar-refractivity contribution in [3.8, 4) is 0 Å². The topological polar surface area (TPSA) is 62.7 Å². The van der Waals surface area contributed by atoms with Gasteiger partial charge in [-0.1, -0.05) is 12.1 Å². The highest BCUT2D eigenvalue weighted by atomic mass is 16.5. The van der Waals surface area contributed by atoms with Crippen LogP contribution >= 0.6 is 0 Å². The molecule has 2 aliphatic rings. The van der Waals surface area contributed by atoms with Gasteiger partial charge < -0.3 is 14.5 Å². The van der Waals surface area contributed by atoms with Gasteiger partial charge in [0.05, 0.1) is 18.8 Å². The highest BCUT2D eigenvalue weighted by Gasteiger charge is 2.25. The third kappa shape index (κ3) is 4.70. The summed E-state index contributed by atoms with van der Waals surface area (Å²) in [6.45, 7) is 6.01. The van der Waals surface area contributed by atoms with E-state index in [4.69, 9.17) is 4.74 Å². The van der Waals surface area contributed by atoms with E-state index in [1.54, 1.807) is 6.20 Å². The Balaban J connectivity index is 1.29. The SMILES string of the molecule is Cc1ncccc1C(=O)N1CCC(Cc2ccc(C(=O)N3CCOCC3)cc2)CC1. The maximum atomic E-state index is 12.8. The number of nitrogens with zero attached hydrogens (tertiary/aromatic N) is 3. The van der Waals surface area contributed by atoms with E-state index in [9.17, 15) is 9.59 Å². The van der Waals surface area contributed by atoms with E-state index < -0.39 is 0 Å². The Morgan fingerprint density at radius 2 is 1.63 bits per heavy atom. The molecule has 1 aromatic carbocycles. The Bertz CT molecular complexity index is 883. The fourth-order valence-electron chi connectivity index (χ4n) is 4.29. The number of aryl methyl sites for hydroxylation is 1. The Hall–Kier alpha value is -2.73. The maximum absolute atomic E-state index is 12.8. The molecule has 0 N–H and O–H groups in total. The van der Waals surface area contributed by atoms with Crippen molar-refractivity contribution < 1.29 is 14.3 Å². The minimum atomic E-state index is 0.0855. The molecule has 2 aliphatic heterocycles. The van der Waals surface area contributed by atoms with Crippen LogP contribution in [0.3, 0.4) is 0 Å². The van der Waals surface area contributed by atoms with E-state index in [0.717, 1.165) is 43.6 Å². The second-order valence-corrected chi connectivity index (χ2v) is 8.18. The summed E-state index contributed by atoms with van der Waals surface area (Å²) in [5.41, 5.74) is 3.49. The lowest BCUT2D eigenvalue weighted by Crippen LogP contribution is -2.40. The van der Waals surface area contributed by atoms with Gasteiger partial charge >= 0.3 is 0 Å². The molecule has 30 heavy (non-hydrogen) atoms. The summed E-state index contributed by atoms with van der Waals surface area (Å²) in [5, 5.41) is 0. The van der Waals surface area contributed by atoms with Crippen LogP contribution in [0, 0.1) is 12.8 Å². The summed E-state index contributed by atoms with van der Waals surface area (Å²) in [7, 11) is 0. The van der Waals surface area contributed by atoms with Gasteiger partial charge in [-0.3, -0.25) is 14.6 Å². The Kier molecular flexibility index (Phi) is 6.43. The molecule has 0 atom stereocenters. The summed E-state index contributed by atoms with van der Waals surface area (Å²) in [4.78, 5) is 33.4. The molecule has 3 heterocycles. The predicted molar refractivity (Wildman–Crippen MR) is 114 cm³/mol. The number of rotatable bonds is 4. The zero-order chi connectivity index (χ0) is 20.9. The van der Waals surface area contributed by atoms with Crippen LogP contribution in [0.25, 0.3) is 0 Å². The lowest BCUT2D eigenvalue weighted by atomic mass is 9.89. The number of hydrogen-bond acceptors (Lipinski definition) is 4. The first-order chi connectivity index (χ1) is 14.6. The van der Waals surface area contributed by atoms with E-state index >= 15 is 0 Å². The van der Waals surface area contributed by atoms with Gasteiger partial charge in [-0.05, 0) is 61.9 Å². The van der Waals surface area contributed by atoms with Gasteiger partial charge in [0.2, 0.25) is 0 Å². The largest absolute Gasteiger partial charge is 0.378 e. The molecule has 0 spiro atoms. The molecule has 158 valence electrons. The molecular weight excluding hydrogens is 378 g/mol. The molecule has 0 radical (unpaired) electrons. The van der Waals surface area contributed by atoms with Gasteiger partial charge in [-0.2, -0.15) is 0 Å². The van der Waals surface area contributed by atoms with Gasteiger partial charge in [-0.15, -0.1) is 0 Å².